The van der Waals surface area contributed by atoms with Gasteiger partial charge in [0.1, 0.15) is 17.2 Å². The summed E-state index contributed by atoms with van der Waals surface area (Å²) in [5, 5.41) is 0. The zero-order valence-corrected chi connectivity index (χ0v) is 24.1. The van der Waals surface area contributed by atoms with Gasteiger partial charge in [-0.2, -0.15) is 0 Å². The van der Waals surface area contributed by atoms with Crippen molar-refractivity contribution in [1.29, 1.82) is 0 Å². The summed E-state index contributed by atoms with van der Waals surface area (Å²) >= 11 is 0. The quantitative estimate of drug-likeness (QED) is 0.112. The third-order valence-electron chi connectivity index (χ3n) is 4.78. The molecule has 212 valence electrons. The van der Waals surface area contributed by atoms with Crippen LogP contribution in [0.1, 0.15) is 41.5 Å². The molecule has 0 aliphatic heterocycles. The van der Waals surface area contributed by atoms with E-state index in [-0.39, 0.29) is 18.3 Å². The Morgan fingerprint density at radius 3 is 0.875 bits per heavy atom. The molecule has 0 unspecified atom stereocenters. The fraction of sp³-hybridized carbons (Fsp3) is 0.300. The number of hydrogen-bond acceptors (Lipinski definition) is 9. The van der Waals surface area contributed by atoms with E-state index in [1.54, 1.807) is 77.9 Å². The fourth-order valence-electron chi connectivity index (χ4n) is 3.28. The Morgan fingerprint density at radius 2 is 0.675 bits per heavy atom. The molecule has 3 aromatic carbocycles. The molecule has 0 N–H and O–H groups in total. The molecular weight excluding hydrogens is 536 g/mol. The molecule has 0 atom stereocenters. The summed E-state index contributed by atoms with van der Waals surface area (Å²) in [5.41, 5.74) is 0. The molecule has 0 spiro atoms. The van der Waals surface area contributed by atoms with Crippen LogP contribution in [0.15, 0.2) is 87.5 Å². The van der Waals surface area contributed by atoms with Crippen LogP contribution in [0.3, 0.4) is 0 Å². The number of carbonyl (C=O) groups is 3. The Bertz CT molecular complexity index is 1110. The largest absolute Gasteiger partial charge is 0.514 e. The van der Waals surface area contributed by atoms with Gasteiger partial charge in [0.2, 0.25) is 0 Å². The first kappa shape index (κ1) is 30.4. The molecule has 0 saturated carbocycles. The Hall–Kier alpha value is -4.18. The van der Waals surface area contributed by atoms with E-state index in [4.69, 9.17) is 28.4 Å². The molecule has 0 saturated heterocycles. The Labute approximate surface area is 236 Å². The second kappa shape index (κ2) is 14.3. The molecule has 0 aliphatic rings. The van der Waals surface area contributed by atoms with Crippen LogP contribution in [0.5, 0.6) is 17.2 Å². The van der Waals surface area contributed by atoms with Gasteiger partial charge in [0.25, 0.3) is 0 Å². The molecule has 9 nitrogen and oxygen atoms in total. The maximum Gasteiger partial charge on any atom is 0.514 e. The lowest BCUT2D eigenvalue weighted by molar-refractivity contribution is 0.0716. The molecule has 3 rings (SSSR count). The van der Waals surface area contributed by atoms with E-state index >= 15 is 0 Å². The molecule has 0 heterocycles. The van der Waals surface area contributed by atoms with E-state index in [1.165, 1.54) is 0 Å². The highest BCUT2D eigenvalue weighted by atomic mass is 32.2. The lowest BCUT2D eigenvalue weighted by Gasteiger charge is -2.12. The standard InChI is InChI=1S/C30H33O9S/c1-19(2)34-28(31)37-22-7-13-25(14-8-22)40(26-15-9-23(10-16-26)38-29(32)35-20(3)4)27-17-11-24(12-18-27)39-30(33)36-21(5)6/h7-21H,1-6H3/q+1. The maximum absolute atomic E-state index is 11.9. The van der Waals surface area contributed by atoms with Crippen LogP contribution in [0, 0.1) is 0 Å². The molecule has 0 radical (unpaired) electrons. The second-order valence-electron chi connectivity index (χ2n) is 9.28. The van der Waals surface area contributed by atoms with Crippen LogP contribution in [0.4, 0.5) is 14.4 Å². The third-order valence-corrected chi connectivity index (χ3v) is 7.01. The van der Waals surface area contributed by atoms with Crippen molar-refractivity contribution < 1.29 is 42.8 Å². The number of hydrogen-bond donors (Lipinski definition) is 0. The minimum atomic E-state index is -0.778. The number of carbonyl (C=O) groups excluding carboxylic acids is 3. The van der Waals surface area contributed by atoms with Crippen molar-refractivity contribution in [3.63, 3.8) is 0 Å². The van der Waals surface area contributed by atoms with Crippen molar-refractivity contribution in [1.82, 2.24) is 0 Å². The highest BCUT2D eigenvalue weighted by molar-refractivity contribution is 7.97. The summed E-state index contributed by atoms with van der Waals surface area (Å²) < 4.78 is 30.9. The van der Waals surface area contributed by atoms with Crippen molar-refractivity contribution >= 4 is 29.4 Å². The Morgan fingerprint density at radius 1 is 0.450 bits per heavy atom. The van der Waals surface area contributed by atoms with Gasteiger partial charge in [0.05, 0.1) is 29.2 Å². The van der Waals surface area contributed by atoms with Gasteiger partial charge >= 0.3 is 18.5 Å². The first-order chi connectivity index (χ1) is 19.0. The molecule has 0 amide bonds. The van der Waals surface area contributed by atoms with Gasteiger partial charge in [-0.25, -0.2) is 14.4 Å². The Balaban J connectivity index is 1.88. The van der Waals surface area contributed by atoms with Gasteiger partial charge in [0, 0.05) is 0 Å². The van der Waals surface area contributed by atoms with Crippen molar-refractivity contribution in [2.24, 2.45) is 0 Å². The molecule has 3 aromatic rings. The molecule has 0 aromatic heterocycles. The summed E-state index contributed by atoms with van der Waals surface area (Å²) in [4.78, 5) is 38.4. The van der Waals surface area contributed by atoms with Crippen molar-refractivity contribution in [2.75, 3.05) is 0 Å². The number of ether oxygens (including phenoxy) is 6. The maximum atomic E-state index is 11.9. The fourth-order valence-corrected chi connectivity index (χ4v) is 5.32. The molecule has 40 heavy (non-hydrogen) atoms. The van der Waals surface area contributed by atoms with Gasteiger partial charge in [-0.15, -0.1) is 0 Å². The monoisotopic (exact) mass is 569 g/mol. The lowest BCUT2D eigenvalue weighted by Crippen LogP contribution is -2.16. The summed E-state index contributed by atoms with van der Waals surface area (Å²) in [7, 11) is -0.620. The lowest BCUT2D eigenvalue weighted by atomic mass is 10.3. The minimum Gasteiger partial charge on any atom is -0.431 e. The number of benzene rings is 3. The average Bonchev–Trinajstić information content (AvgIpc) is 2.86. The topological polar surface area (TPSA) is 107 Å². The van der Waals surface area contributed by atoms with Crippen LogP contribution >= 0.6 is 0 Å². The van der Waals surface area contributed by atoms with Crippen molar-refractivity contribution in [3.05, 3.63) is 72.8 Å². The zero-order chi connectivity index (χ0) is 29.2. The van der Waals surface area contributed by atoms with Crippen LogP contribution in [0.2, 0.25) is 0 Å². The summed E-state index contributed by atoms with van der Waals surface area (Å²) in [5.74, 6) is 1.04. The molecule has 0 aliphatic carbocycles. The van der Waals surface area contributed by atoms with E-state index < -0.39 is 29.4 Å². The van der Waals surface area contributed by atoms with Crippen LogP contribution in [-0.4, -0.2) is 36.8 Å². The first-order valence-electron chi connectivity index (χ1n) is 12.7. The minimum absolute atomic E-state index is 0.295. The zero-order valence-electron chi connectivity index (χ0n) is 23.2. The molecule has 0 bridgehead atoms. The first-order valence-corrected chi connectivity index (χ1v) is 13.9. The molecule has 0 fully saturated rings. The normalized spacial score (nSPS) is 10.9. The van der Waals surface area contributed by atoms with Gasteiger partial charge in [-0.05, 0) is 114 Å². The summed E-state index contributed by atoms with van der Waals surface area (Å²) in [6, 6.07) is 21.3. The predicted octanol–water partition coefficient (Wildman–Crippen LogP) is 7.55. The van der Waals surface area contributed by atoms with Crippen LogP contribution in [-0.2, 0) is 25.1 Å². The highest BCUT2D eigenvalue weighted by Crippen LogP contribution is 2.34. The molecular formula is C30H33O9S+. The van der Waals surface area contributed by atoms with Crippen molar-refractivity contribution in [3.8, 4) is 17.2 Å². The van der Waals surface area contributed by atoms with E-state index in [0.29, 0.717) is 17.2 Å². The van der Waals surface area contributed by atoms with Gasteiger partial charge in [-0.3, -0.25) is 0 Å². The Kier molecular flexibility index (Phi) is 10.8. The average molecular weight is 570 g/mol. The second-order valence-corrected chi connectivity index (χ2v) is 11.3. The van der Waals surface area contributed by atoms with Gasteiger partial charge < -0.3 is 28.4 Å². The van der Waals surface area contributed by atoms with Gasteiger partial charge in [0.15, 0.2) is 14.7 Å². The van der Waals surface area contributed by atoms with Gasteiger partial charge in [-0.1, -0.05) is 0 Å². The van der Waals surface area contributed by atoms with Crippen molar-refractivity contribution in [2.45, 2.75) is 74.5 Å². The SMILES string of the molecule is CC(C)OC(=O)Oc1ccc([S+](c2ccc(OC(=O)OC(C)C)cc2)c2ccc(OC(=O)OC(C)C)cc2)cc1. The van der Waals surface area contributed by atoms with E-state index in [1.807, 2.05) is 36.4 Å². The summed E-state index contributed by atoms with van der Waals surface area (Å²) in [6.07, 6.45) is -3.22. The summed E-state index contributed by atoms with van der Waals surface area (Å²) in [6.45, 7) is 10.4. The smallest absolute Gasteiger partial charge is 0.431 e. The van der Waals surface area contributed by atoms with Crippen LogP contribution in [0.25, 0.3) is 0 Å². The van der Waals surface area contributed by atoms with E-state index in [9.17, 15) is 14.4 Å². The third kappa shape index (κ3) is 9.53. The van der Waals surface area contributed by atoms with E-state index in [2.05, 4.69) is 0 Å². The van der Waals surface area contributed by atoms with E-state index in [0.717, 1.165) is 14.7 Å². The predicted molar refractivity (Wildman–Crippen MR) is 148 cm³/mol. The molecule has 10 heteroatoms. The number of rotatable bonds is 9. The van der Waals surface area contributed by atoms with Crippen LogP contribution < -0.4 is 14.2 Å². The highest BCUT2D eigenvalue weighted by Gasteiger charge is 2.29.